The van der Waals surface area contributed by atoms with Crippen molar-refractivity contribution in [3.63, 3.8) is 0 Å². The molecule has 0 spiro atoms. The Morgan fingerprint density at radius 1 is 1.22 bits per heavy atom. The van der Waals surface area contributed by atoms with Crippen molar-refractivity contribution in [2.75, 3.05) is 6.61 Å². The molecule has 0 saturated heterocycles. The highest BCUT2D eigenvalue weighted by Gasteiger charge is 2.29. The van der Waals surface area contributed by atoms with E-state index in [1.165, 1.54) is 12.1 Å². The Labute approximate surface area is 102 Å². The summed E-state index contributed by atoms with van der Waals surface area (Å²) in [5.74, 6) is 4.45. The molecule has 5 heteroatoms. The van der Waals surface area contributed by atoms with Gasteiger partial charge < -0.3 is 5.11 Å². The van der Waals surface area contributed by atoms with E-state index in [-0.39, 0.29) is 18.8 Å². The fraction of sp³-hybridized carbons (Fsp3) is 0.308. The van der Waals surface area contributed by atoms with E-state index in [1.54, 1.807) is 0 Å². The second-order valence-corrected chi connectivity index (χ2v) is 3.58. The quantitative estimate of drug-likeness (QED) is 0.843. The lowest BCUT2D eigenvalue weighted by Gasteiger charge is -2.05. The van der Waals surface area contributed by atoms with Gasteiger partial charge in [0.2, 0.25) is 5.78 Å². The molecular formula is C13H11F3O2. The van der Waals surface area contributed by atoms with Gasteiger partial charge in [0, 0.05) is 18.6 Å². The normalized spacial score (nSPS) is 10.7. The zero-order valence-corrected chi connectivity index (χ0v) is 9.42. The lowest BCUT2D eigenvalue weighted by molar-refractivity contribution is -0.137. The second-order valence-electron chi connectivity index (χ2n) is 3.58. The predicted molar refractivity (Wildman–Crippen MR) is 59.6 cm³/mol. The molecule has 0 heterocycles. The van der Waals surface area contributed by atoms with E-state index in [0.717, 1.165) is 12.1 Å². The minimum absolute atomic E-state index is 0.0896. The SMILES string of the molecule is O=C(C#Cc1ccc(C(F)(F)F)cc1)CCCO. The monoisotopic (exact) mass is 256 g/mol. The van der Waals surface area contributed by atoms with Crippen LogP contribution in [-0.2, 0) is 11.0 Å². The van der Waals surface area contributed by atoms with Crippen LogP contribution >= 0.6 is 0 Å². The fourth-order valence-electron chi connectivity index (χ4n) is 1.19. The van der Waals surface area contributed by atoms with Crippen LogP contribution < -0.4 is 0 Å². The smallest absolute Gasteiger partial charge is 0.396 e. The molecule has 0 saturated carbocycles. The molecule has 0 aliphatic carbocycles. The molecule has 0 amide bonds. The van der Waals surface area contributed by atoms with Gasteiger partial charge in [-0.1, -0.05) is 5.92 Å². The lowest BCUT2D eigenvalue weighted by Crippen LogP contribution is -2.04. The maximum absolute atomic E-state index is 12.3. The molecule has 18 heavy (non-hydrogen) atoms. The Bertz CT molecular complexity index is 464. The van der Waals surface area contributed by atoms with Gasteiger partial charge in [0.15, 0.2) is 0 Å². The van der Waals surface area contributed by atoms with E-state index in [1.807, 2.05) is 0 Å². The number of halogens is 3. The number of alkyl halides is 3. The highest BCUT2D eigenvalue weighted by Crippen LogP contribution is 2.28. The summed E-state index contributed by atoms with van der Waals surface area (Å²) >= 11 is 0. The van der Waals surface area contributed by atoms with Crippen LogP contribution in [0.2, 0.25) is 0 Å². The molecule has 0 bridgehead atoms. The summed E-state index contributed by atoms with van der Waals surface area (Å²) in [6, 6.07) is 4.27. The minimum Gasteiger partial charge on any atom is -0.396 e. The molecule has 1 N–H and O–H groups in total. The molecule has 0 aromatic heterocycles. The molecular weight excluding hydrogens is 245 g/mol. The summed E-state index contributed by atoms with van der Waals surface area (Å²) in [4.78, 5) is 11.1. The van der Waals surface area contributed by atoms with Gasteiger partial charge in [-0.15, -0.1) is 0 Å². The first-order chi connectivity index (χ1) is 8.43. The van der Waals surface area contributed by atoms with Crippen molar-refractivity contribution < 1.29 is 23.1 Å². The van der Waals surface area contributed by atoms with Gasteiger partial charge in [0.05, 0.1) is 5.56 Å². The van der Waals surface area contributed by atoms with Crippen molar-refractivity contribution in [1.82, 2.24) is 0 Å². The predicted octanol–water partition coefficient (Wildman–Crippen LogP) is 2.40. The van der Waals surface area contributed by atoms with Crippen molar-refractivity contribution in [2.45, 2.75) is 19.0 Å². The van der Waals surface area contributed by atoms with Gasteiger partial charge in [0.25, 0.3) is 0 Å². The van der Waals surface area contributed by atoms with Crippen LogP contribution in [0.1, 0.15) is 24.0 Å². The molecule has 2 nitrogen and oxygen atoms in total. The second kappa shape index (κ2) is 6.22. The highest BCUT2D eigenvalue weighted by atomic mass is 19.4. The summed E-state index contributed by atoms with van der Waals surface area (Å²) in [6.45, 7) is -0.0896. The highest BCUT2D eigenvalue weighted by molar-refractivity contribution is 5.95. The van der Waals surface area contributed by atoms with Gasteiger partial charge >= 0.3 is 6.18 Å². The zero-order valence-electron chi connectivity index (χ0n) is 9.42. The van der Waals surface area contributed by atoms with Gasteiger partial charge in [-0.3, -0.25) is 4.79 Å². The maximum atomic E-state index is 12.3. The summed E-state index contributed by atoms with van der Waals surface area (Å²) in [7, 11) is 0. The maximum Gasteiger partial charge on any atom is 0.416 e. The van der Waals surface area contributed by atoms with E-state index in [2.05, 4.69) is 11.8 Å². The van der Waals surface area contributed by atoms with E-state index in [9.17, 15) is 18.0 Å². The van der Waals surface area contributed by atoms with Crippen molar-refractivity contribution in [1.29, 1.82) is 0 Å². The fourth-order valence-corrected chi connectivity index (χ4v) is 1.19. The molecule has 1 rings (SSSR count). The molecule has 1 aromatic carbocycles. The van der Waals surface area contributed by atoms with Gasteiger partial charge in [-0.05, 0) is 36.6 Å². The van der Waals surface area contributed by atoms with Crippen LogP contribution in [-0.4, -0.2) is 17.5 Å². The van der Waals surface area contributed by atoms with Crippen molar-refractivity contribution in [3.8, 4) is 11.8 Å². The Morgan fingerprint density at radius 2 is 1.83 bits per heavy atom. The summed E-state index contributed by atoms with van der Waals surface area (Å²) in [5, 5.41) is 8.50. The number of benzene rings is 1. The van der Waals surface area contributed by atoms with Crippen LogP contribution in [0, 0.1) is 11.8 Å². The summed E-state index contributed by atoms with van der Waals surface area (Å²) < 4.78 is 36.8. The van der Waals surface area contributed by atoms with Gasteiger partial charge in [-0.2, -0.15) is 13.2 Å². The number of carbonyl (C=O) groups excluding carboxylic acids is 1. The standard InChI is InChI=1S/C13H11F3O2/c14-13(15,16)11-6-3-10(4-7-11)5-8-12(18)2-1-9-17/h3-4,6-7,17H,1-2,9H2. The Hall–Kier alpha value is -1.80. The molecule has 0 unspecified atom stereocenters. The van der Waals surface area contributed by atoms with Gasteiger partial charge in [0.1, 0.15) is 0 Å². The summed E-state index contributed by atoms with van der Waals surface area (Å²) in [6.07, 6.45) is -3.90. The first-order valence-electron chi connectivity index (χ1n) is 5.26. The van der Waals surface area contributed by atoms with E-state index < -0.39 is 11.7 Å². The number of Topliss-reactive ketones (excluding diaryl/α,β-unsaturated/α-hetero) is 1. The van der Waals surface area contributed by atoms with Crippen molar-refractivity contribution in [2.24, 2.45) is 0 Å². The van der Waals surface area contributed by atoms with Crippen LogP contribution in [0.5, 0.6) is 0 Å². The first-order valence-corrected chi connectivity index (χ1v) is 5.26. The average molecular weight is 256 g/mol. The Balaban J connectivity index is 2.70. The lowest BCUT2D eigenvalue weighted by atomic mass is 10.1. The Morgan fingerprint density at radius 3 is 2.33 bits per heavy atom. The number of hydrogen-bond acceptors (Lipinski definition) is 2. The average Bonchev–Trinajstić information content (AvgIpc) is 2.33. The van der Waals surface area contributed by atoms with E-state index in [4.69, 9.17) is 5.11 Å². The third kappa shape index (κ3) is 4.60. The Kier molecular flexibility index (Phi) is 4.93. The number of ketones is 1. The largest absolute Gasteiger partial charge is 0.416 e. The van der Waals surface area contributed by atoms with Crippen molar-refractivity contribution >= 4 is 5.78 Å². The zero-order chi connectivity index (χ0) is 13.6. The third-order valence-corrected chi connectivity index (χ3v) is 2.12. The molecule has 0 fully saturated rings. The third-order valence-electron chi connectivity index (χ3n) is 2.12. The van der Waals surface area contributed by atoms with Crippen molar-refractivity contribution in [3.05, 3.63) is 35.4 Å². The topological polar surface area (TPSA) is 37.3 Å². The minimum atomic E-state index is -4.37. The van der Waals surface area contributed by atoms with Crippen LogP contribution in [0.4, 0.5) is 13.2 Å². The number of carbonyl (C=O) groups is 1. The molecule has 96 valence electrons. The number of hydrogen-bond donors (Lipinski definition) is 1. The van der Waals surface area contributed by atoms with E-state index >= 15 is 0 Å². The van der Waals surface area contributed by atoms with Gasteiger partial charge in [-0.25, -0.2) is 0 Å². The molecule has 0 atom stereocenters. The number of aliphatic hydroxyl groups is 1. The van der Waals surface area contributed by atoms with Crippen LogP contribution in [0.25, 0.3) is 0 Å². The number of aliphatic hydroxyl groups excluding tert-OH is 1. The molecule has 0 aliphatic heterocycles. The van der Waals surface area contributed by atoms with E-state index in [0.29, 0.717) is 12.0 Å². The molecule has 0 aliphatic rings. The molecule has 1 aromatic rings. The number of rotatable bonds is 3. The first kappa shape index (κ1) is 14.3. The van der Waals surface area contributed by atoms with Crippen LogP contribution in [0.15, 0.2) is 24.3 Å². The van der Waals surface area contributed by atoms with Crippen LogP contribution in [0.3, 0.4) is 0 Å². The molecule has 0 radical (unpaired) electrons. The summed E-state index contributed by atoms with van der Waals surface area (Å²) in [5.41, 5.74) is -0.403.